The highest BCUT2D eigenvalue weighted by Gasteiger charge is 2.19. The second-order valence-corrected chi connectivity index (χ2v) is 9.48. The number of carbonyl (C=O) groups excluding carboxylic acids is 2. The zero-order valence-corrected chi connectivity index (χ0v) is 16.8. The van der Waals surface area contributed by atoms with Gasteiger partial charge in [-0.3, -0.25) is 14.3 Å². The molecule has 2 amide bonds. The lowest BCUT2D eigenvalue weighted by Crippen LogP contribution is -2.36. The van der Waals surface area contributed by atoms with Crippen LogP contribution in [-0.4, -0.2) is 32.5 Å². The molecule has 0 unspecified atom stereocenters. The fraction of sp³-hybridized carbons (Fsp3) is 0.500. The third-order valence-electron chi connectivity index (χ3n) is 3.20. The maximum atomic E-state index is 13.2. The van der Waals surface area contributed by atoms with Gasteiger partial charge in [-0.1, -0.05) is 20.8 Å². The van der Waals surface area contributed by atoms with Crippen molar-refractivity contribution in [2.75, 3.05) is 12.3 Å². The highest BCUT2D eigenvalue weighted by atomic mass is 79.9. The van der Waals surface area contributed by atoms with Gasteiger partial charge in [-0.05, 0) is 46.0 Å². The van der Waals surface area contributed by atoms with Gasteiger partial charge in [0.15, 0.2) is 0 Å². The predicted octanol–water partition coefficient (Wildman–Crippen LogP) is 2.59. The van der Waals surface area contributed by atoms with Gasteiger partial charge in [0.25, 0.3) is 5.91 Å². The molecule has 0 spiro atoms. The van der Waals surface area contributed by atoms with Crippen LogP contribution in [0.1, 0.15) is 44.0 Å². The van der Waals surface area contributed by atoms with Gasteiger partial charge in [-0.15, -0.1) is 0 Å². The molecule has 0 atom stereocenters. The summed E-state index contributed by atoms with van der Waals surface area (Å²) in [5.74, 6) is -1.97. The SMILES string of the molecule is CC(C)(C)CCS(=O)(=O)NC(=O)CCNC(=O)c1cc(F)ccc1Br. The van der Waals surface area contributed by atoms with Crippen molar-refractivity contribution >= 4 is 37.8 Å². The lowest BCUT2D eigenvalue weighted by molar-refractivity contribution is -0.119. The van der Waals surface area contributed by atoms with Crippen LogP contribution < -0.4 is 10.0 Å². The molecule has 0 saturated heterocycles. The number of carbonyl (C=O) groups is 2. The van der Waals surface area contributed by atoms with Crippen molar-refractivity contribution in [3.63, 3.8) is 0 Å². The van der Waals surface area contributed by atoms with E-state index in [1.54, 1.807) is 0 Å². The number of halogens is 2. The molecule has 0 radical (unpaired) electrons. The first kappa shape index (κ1) is 21.6. The molecule has 0 aliphatic carbocycles. The van der Waals surface area contributed by atoms with Crippen LogP contribution in [0.5, 0.6) is 0 Å². The summed E-state index contributed by atoms with van der Waals surface area (Å²) in [6.07, 6.45) is 0.216. The molecule has 6 nitrogen and oxygen atoms in total. The van der Waals surface area contributed by atoms with E-state index in [2.05, 4.69) is 21.2 Å². The first-order valence-electron chi connectivity index (χ1n) is 7.66. The lowest BCUT2D eigenvalue weighted by atomic mass is 9.94. The summed E-state index contributed by atoms with van der Waals surface area (Å²) in [7, 11) is -3.70. The second kappa shape index (κ2) is 8.75. The first-order valence-corrected chi connectivity index (χ1v) is 10.1. The number of nitrogens with one attached hydrogen (secondary N) is 2. The van der Waals surface area contributed by atoms with E-state index in [0.29, 0.717) is 10.9 Å². The summed E-state index contributed by atoms with van der Waals surface area (Å²) in [6, 6.07) is 3.67. The molecule has 1 aromatic carbocycles. The van der Waals surface area contributed by atoms with Crippen molar-refractivity contribution in [1.82, 2.24) is 10.0 Å². The van der Waals surface area contributed by atoms with E-state index in [1.807, 2.05) is 25.5 Å². The van der Waals surface area contributed by atoms with Crippen LogP contribution in [0.25, 0.3) is 0 Å². The van der Waals surface area contributed by atoms with Gasteiger partial charge in [0.2, 0.25) is 15.9 Å². The number of hydrogen-bond acceptors (Lipinski definition) is 4. The van der Waals surface area contributed by atoms with Gasteiger partial charge in [0, 0.05) is 17.4 Å². The zero-order chi connectivity index (χ0) is 19.3. The molecule has 1 rings (SSSR count). The number of sulfonamides is 1. The molecule has 0 bridgehead atoms. The summed E-state index contributed by atoms with van der Waals surface area (Å²) in [6.45, 7) is 5.65. The van der Waals surface area contributed by atoms with Gasteiger partial charge in [-0.2, -0.15) is 0 Å². The van der Waals surface area contributed by atoms with Gasteiger partial charge >= 0.3 is 0 Å². The summed E-state index contributed by atoms with van der Waals surface area (Å²) in [5.41, 5.74) is -0.0670. The minimum atomic E-state index is -3.70. The van der Waals surface area contributed by atoms with Gasteiger partial charge in [-0.25, -0.2) is 12.8 Å². The van der Waals surface area contributed by atoms with Gasteiger partial charge in [0.05, 0.1) is 11.3 Å². The van der Waals surface area contributed by atoms with Crippen molar-refractivity contribution in [2.45, 2.75) is 33.6 Å². The third-order valence-corrected chi connectivity index (χ3v) is 5.17. The second-order valence-electron chi connectivity index (χ2n) is 6.78. The molecule has 25 heavy (non-hydrogen) atoms. The maximum Gasteiger partial charge on any atom is 0.252 e. The van der Waals surface area contributed by atoms with Crippen LogP contribution in [0, 0.1) is 11.2 Å². The molecule has 9 heteroatoms. The summed E-state index contributed by atoms with van der Waals surface area (Å²) in [5, 5.41) is 2.45. The Hall–Kier alpha value is -1.48. The van der Waals surface area contributed by atoms with E-state index < -0.39 is 27.7 Å². The van der Waals surface area contributed by atoms with E-state index in [1.165, 1.54) is 12.1 Å². The highest BCUT2D eigenvalue weighted by molar-refractivity contribution is 9.10. The topological polar surface area (TPSA) is 92.3 Å². The standard InChI is InChI=1S/C16H22BrFN2O4S/c1-16(2,3)7-9-25(23,24)20-14(21)6-8-19-15(22)12-10-11(18)4-5-13(12)17/h4-5,10H,6-9H2,1-3H3,(H,19,22)(H,20,21). The van der Waals surface area contributed by atoms with Crippen LogP contribution in [0.3, 0.4) is 0 Å². The van der Waals surface area contributed by atoms with Crippen molar-refractivity contribution in [1.29, 1.82) is 0 Å². The smallest absolute Gasteiger partial charge is 0.252 e. The molecular weight excluding hydrogens is 415 g/mol. The number of rotatable bonds is 7. The minimum absolute atomic E-state index is 0.0671. The van der Waals surface area contributed by atoms with E-state index in [-0.39, 0.29) is 29.7 Å². The lowest BCUT2D eigenvalue weighted by Gasteiger charge is -2.17. The van der Waals surface area contributed by atoms with Gasteiger partial charge < -0.3 is 5.32 Å². The Labute approximate surface area is 155 Å². The fourth-order valence-corrected chi connectivity index (χ4v) is 3.63. The quantitative estimate of drug-likeness (QED) is 0.686. The number of amides is 2. The zero-order valence-electron chi connectivity index (χ0n) is 14.4. The molecule has 1 aromatic rings. The van der Waals surface area contributed by atoms with E-state index in [9.17, 15) is 22.4 Å². The number of hydrogen-bond donors (Lipinski definition) is 2. The Morgan fingerprint density at radius 1 is 1.24 bits per heavy atom. The highest BCUT2D eigenvalue weighted by Crippen LogP contribution is 2.19. The van der Waals surface area contributed by atoms with Crippen molar-refractivity contribution < 1.29 is 22.4 Å². The molecule has 0 aliphatic rings. The van der Waals surface area contributed by atoms with Crippen LogP contribution in [0.4, 0.5) is 4.39 Å². The Bertz CT molecular complexity index is 745. The molecule has 140 valence electrons. The largest absolute Gasteiger partial charge is 0.351 e. The fourth-order valence-electron chi connectivity index (χ4n) is 1.77. The Kier molecular flexibility index (Phi) is 7.55. The summed E-state index contributed by atoms with van der Waals surface area (Å²) in [4.78, 5) is 23.7. The van der Waals surface area contributed by atoms with E-state index in [4.69, 9.17) is 0 Å². The Morgan fingerprint density at radius 3 is 2.48 bits per heavy atom. The predicted molar refractivity (Wildman–Crippen MR) is 97.1 cm³/mol. The maximum absolute atomic E-state index is 13.2. The molecule has 2 N–H and O–H groups in total. The molecule has 0 saturated carbocycles. The summed E-state index contributed by atoms with van der Waals surface area (Å²) >= 11 is 3.14. The molecule has 0 heterocycles. The van der Waals surface area contributed by atoms with Crippen LogP contribution in [0.2, 0.25) is 0 Å². The van der Waals surface area contributed by atoms with E-state index >= 15 is 0 Å². The van der Waals surface area contributed by atoms with Crippen LogP contribution in [-0.2, 0) is 14.8 Å². The molecular formula is C16H22BrFN2O4S. The minimum Gasteiger partial charge on any atom is -0.351 e. The third kappa shape index (κ3) is 8.44. The Balaban J connectivity index is 2.46. The number of benzene rings is 1. The van der Waals surface area contributed by atoms with Crippen LogP contribution in [0.15, 0.2) is 22.7 Å². The summed E-state index contributed by atoms with van der Waals surface area (Å²) < 4.78 is 39.2. The van der Waals surface area contributed by atoms with Crippen molar-refractivity contribution in [3.05, 3.63) is 34.1 Å². The average Bonchev–Trinajstić information content (AvgIpc) is 2.46. The average molecular weight is 437 g/mol. The van der Waals surface area contributed by atoms with Gasteiger partial charge in [0.1, 0.15) is 5.82 Å². The Morgan fingerprint density at radius 2 is 1.88 bits per heavy atom. The van der Waals surface area contributed by atoms with E-state index in [0.717, 1.165) is 6.07 Å². The monoisotopic (exact) mass is 436 g/mol. The first-order chi connectivity index (χ1) is 11.4. The van der Waals surface area contributed by atoms with Crippen LogP contribution >= 0.6 is 15.9 Å². The molecule has 0 fully saturated rings. The normalized spacial score (nSPS) is 11.9. The molecule has 0 aliphatic heterocycles. The van der Waals surface area contributed by atoms with Crippen molar-refractivity contribution in [3.8, 4) is 0 Å². The molecule has 0 aromatic heterocycles. The van der Waals surface area contributed by atoms with Crippen molar-refractivity contribution in [2.24, 2.45) is 5.41 Å².